The first-order valence-corrected chi connectivity index (χ1v) is 19.2. The SMILES string of the molecule is Cc1ccc2c(c1)c1cc(C)ccc1n2-c1ccc2c(c1)C(C)(C)c1cc(N3c4ccccc4N(c4ccc(C(C)(C)C)cc4)c4ccccc43)ccc1-2. The number of hydrogen-bond donors (Lipinski definition) is 0. The lowest BCUT2D eigenvalue weighted by Gasteiger charge is -2.40. The highest BCUT2D eigenvalue weighted by Gasteiger charge is 2.38. The van der Waals surface area contributed by atoms with Crippen molar-refractivity contribution in [2.75, 3.05) is 9.80 Å². The maximum atomic E-state index is 2.46. The van der Waals surface area contributed by atoms with E-state index in [2.05, 4.69) is 208 Å². The molecule has 0 saturated carbocycles. The van der Waals surface area contributed by atoms with Crippen LogP contribution in [0.25, 0.3) is 38.6 Å². The number of para-hydroxylation sites is 4. The fraction of sp³-hybridized carbons (Fsp3) is 0.176. The molecule has 0 fully saturated rings. The third-order valence-corrected chi connectivity index (χ3v) is 12.0. The van der Waals surface area contributed by atoms with Gasteiger partial charge in [-0.15, -0.1) is 0 Å². The van der Waals surface area contributed by atoms with E-state index in [1.165, 1.54) is 94.9 Å². The van der Waals surface area contributed by atoms with Crippen molar-refractivity contribution in [2.45, 2.75) is 59.3 Å². The van der Waals surface area contributed by atoms with Gasteiger partial charge >= 0.3 is 0 Å². The molecule has 3 nitrogen and oxygen atoms in total. The van der Waals surface area contributed by atoms with Crippen LogP contribution in [0.3, 0.4) is 0 Å². The molecule has 54 heavy (non-hydrogen) atoms. The number of nitrogens with zero attached hydrogens (tertiary/aromatic N) is 3. The highest BCUT2D eigenvalue weighted by molar-refractivity contribution is 6.10. The molecule has 1 aliphatic carbocycles. The van der Waals surface area contributed by atoms with Gasteiger partial charge in [-0.25, -0.2) is 0 Å². The van der Waals surface area contributed by atoms with Gasteiger partial charge in [0.1, 0.15) is 0 Å². The minimum absolute atomic E-state index is 0.0963. The zero-order valence-corrected chi connectivity index (χ0v) is 32.2. The molecule has 0 N–H and O–H groups in total. The van der Waals surface area contributed by atoms with Gasteiger partial charge in [0, 0.05) is 33.2 Å². The first-order valence-electron chi connectivity index (χ1n) is 19.2. The first-order chi connectivity index (χ1) is 26.0. The maximum absolute atomic E-state index is 2.46. The van der Waals surface area contributed by atoms with Gasteiger partial charge < -0.3 is 14.4 Å². The van der Waals surface area contributed by atoms with Crippen LogP contribution in [0.4, 0.5) is 34.1 Å². The molecule has 1 aliphatic heterocycles. The molecule has 0 atom stereocenters. The Morgan fingerprint density at radius 1 is 0.444 bits per heavy atom. The fourth-order valence-electron chi connectivity index (χ4n) is 9.13. The minimum Gasteiger partial charge on any atom is -0.309 e. The summed E-state index contributed by atoms with van der Waals surface area (Å²) in [7, 11) is 0. The molecule has 2 heterocycles. The van der Waals surface area contributed by atoms with Gasteiger partial charge in [0.25, 0.3) is 0 Å². The molecule has 3 heteroatoms. The van der Waals surface area contributed by atoms with E-state index in [-0.39, 0.29) is 10.8 Å². The third-order valence-electron chi connectivity index (χ3n) is 12.0. The summed E-state index contributed by atoms with van der Waals surface area (Å²) < 4.78 is 2.46. The van der Waals surface area contributed by atoms with E-state index in [0.29, 0.717) is 0 Å². The standard InChI is InChI=1S/C51H45N3/c1-32-16-26-44-40(28-32)41-29-33(2)17-27-45(41)53(44)36-22-24-38-39-25-23-37(31-43(39)51(6,7)42(38)30-36)54-48-14-10-8-12-46(48)52(47-13-9-11-15-49(47)54)35-20-18-34(19-21-35)50(3,4)5/h8-31H,1-7H3. The second-order valence-electron chi connectivity index (χ2n) is 16.9. The van der Waals surface area contributed by atoms with Crippen molar-refractivity contribution in [3.8, 4) is 16.8 Å². The van der Waals surface area contributed by atoms with Gasteiger partial charge in [-0.2, -0.15) is 0 Å². The number of hydrogen-bond acceptors (Lipinski definition) is 2. The monoisotopic (exact) mass is 699 g/mol. The zero-order valence-electron chi connectivity index (χ0n) is 32.2. The number of benzene rings is 7. The smallest absolute Gasteiger partial charge is 0.0703 e. The lowest BCUT2D eigenvalue weighted by atomic mass is 9.82. The molecule has 0 bridgehead atoms. The zero-order chi connectivity index (χ0) is 37.1. The molecule has 0 unspecified atom stereocenters. The van der Waals surface area contributed by atoms with Crippen LogP contribution in [0.5, 0.6) is 0 Å². The summed E-state index contributed by atoms with van der Waals surface area (Å²) in [6, 6.07) is 54.7. The largest absolute Gasteiger partial charge is 0.309 e. The Morgan fingerprint density at radius 2 is 0.870 bits per heavy atom. The summed E-state index contributed by atoms with van der Waals surface area (Å²) in [5.41, 5.74) is 19.9. The van der Waals surface area contributed by atoms with Crippen molar-refractivity contribution in [1.82, 2.24) is 4.57 Å². The topological polar surface area (TPSA) is 11.4 Å². The van der Waals surface area contributed by atoms with Crippen molar-refractivity contribution < 1.29 is 0 Å². The number of rotatable bonds is 3. The number of aromatic nitrogens is 1. The van der Waals surface area contributed by atoms with E-state index in [1.807, 2.05) is 0 Å². The minimum atomic E-state index is -0.196. The Kier molecular flexibility index (Phi) is 6.92. The second-order valence-corrected chi connectivity index (χ2v) is 16.9. The van der Waals surface area contributed by atoms with Crippen LogP contribution in [0.1, 0.15) is 62.4 Å². The average molecular weight is 700 g/mol. The lowest BCUT2D eigenvalue weighted by Crippen LogP contribution is -2.24. The summed E-state index contributed by atoms with van der Waals surface area (Å²) in [6.45, 7) is 16.0. The Balaban J connectivity index is 1.09. The molecule has 7 aromatic carbocycles. The summed E-state index contributed by atoms with van der Waals surface area (Å²) in [4.78, 5) is 4.87. The number of fused-ring (bicyclic) bond motifs is 8. The first kappa shape index (κ1) is 32.6. The lowest BCUT2D eigenvalue weighted by molar-refractivity contribution is 0.590. The van der Waals surface area contributed by atoms with Gasteiger partial charge in [0.05, 0.1) is 33.8 Å². The maximum Gasteiger partial charge on any atom is 0.0703 e. The fourth-order valence-corrected chi connectivity index (χ4v) is 9.13. The molecule has 0 spiro atoms. The molecule has 2 aliphatic rings. The molecular formula is C51H45N3. The van der Waals surface area contributed by atoms with Crippen molar-refractivity contribution >= 4 is 55.9 Å². The van der Waals surface area contributed by atoms with Gasteiger partial charge in [0.2, 0.25) is 0 Å². The quantitative estimate of drug-likeness (QED) is 0.182. The molecular weight excluding hydrogens is 655 g/mol. The summed E-state index contributed by atoms with van der Waals surface area (Å²) >= 11 is 0. The summed E-state index contributed by atoms with van der Waals surface area (Å²) in [5.74, 6) is 0. The normalized spacial score (nSPS) is 14.3. The van der Waals surface area contributed by atoms with Crippen LogP contribution < -0.4 is 9.80 Å². The average Bonchev–Trinajstić information content (AvgIpc) is 3.60. The molecule has 0 saturated heterocycles. The van der Waals surface area contributed by atoms with Crippen LogP contribution in [0.2, 0.25) is 0 Å². The molecule has 0 radical (unpaired) electrons. The molecule has 10 rings (SSSR count). The van der Waals surface area contributed by atoms with Crippen molar-refractivity contribution in [2.24, 2.45) is 0 Å². The predicted molar refractivity (Wildman–Crippen MR) is 229 cm³/mol. The van der Waals surface area contributed by atoms with Crippen molar-refractivity contribution in [3.05, 3.63) is 173 Å². The molecule has 264 valence electrons. The van der Waals surface area contributed by atoms with E-state index >= 15 is 0 Å². The van der Waals surface area contributed by atoms with Crippen LogP contribution in [-0.2, 0) is 10.8 Å². The van der Waals surface area contributed by atoms with Gasteiger partial charge in [-0.3, -0.25) is 0 Å². The van der Waals surface area contributed by atoms with Crippen LogP contribution in [-0.4, -0.2) is 4.57 Å². The van der Waals surface area contributed by atoms with E-state index in [0.717, 1.165) is 5.69 Å². The van der Waals surface area contributed by atoms with Gasteiger partial charge in [-0.05, 0) is 132 Å². The van der Waals surface area contributed by atoms with E-state index in [9.17, 15) is 0 Å². The molecule has 8 aromatic rings. The van der Waals surface area contributed by atoms with Gasteiger partial charge in [-0.1, -0.05) is 106 Å². The second kappa shape index (κ2) is 11.5. The van der Waals surface area contributed by atoms with Crippen LogP contribution >= 0.6 is 0 Å². The van der Waals surface area contributed by atoms with E-state index in [4.69, 9.17) is 0 Å². The number of anilines is 6. The van der Waals surface area contributed by atoms with E-state index in [1.54, 1.807) is 0 Å². The molecule has 1 aromatic heterocycles. The summed E-state index contributed by atoms with van der Waals surface area (Å²) in [6.07, 6.45) is 0. The third kappa shape index (κ3) is 4.74. The Bertz CT molecular complexity index is 2700. The van der Waals surface area contributed by atoms with Crippen molar-refractivity contribution in [3.63, 3.8) is 0 Å². The Labute approximate surface area is 318 Å². The molecule has 0 amide bonds. The predicted octanol–water partition coefficient (Wildman–Crippen LogP) is 14.3. The van der Waals surface area contributed by atoms with E-state index < -0.39 is 0 Å². The van der Waals surface area contributed by atoms with Gasteiger partial charge in [0.15, 0.2) is 0 Å². The van der Waals surface area contributed by atoms with Crippen LogP contribution in [0, 0.1) is 13.8 Å². The number of aryl methyl sites for hydroxylation is 2. The summed E-state index contributed by atoms with van der Waals surface area (Å²) in [5, 5.41) is 2.62. The highest BCUT2D eigenvalue weighted by Crippen LogP contribution is 2.56. The van der Waals surface area contributed by atoms with Crippen LogP contribution in [0.15, 0.2) is 146 Å². The Hall–Kier alpha value is -6.06. The highest BCUT2D eigenvalue weighted by atomic mass is 15.3. The van der Waals surface area contributed by atoms with Crippen molar-refractivity contribution in [1.29, 1.82) is 0 Å². The Morgan fingerprint density at radius 3 is 1.35 bits per heavy atom.